The van der Waals surface area contributed by atoms with Gasteiger partial charge < -0.3 is 20.3 Å². The van der Waals surface area contributed by atoms with Gasteiger partial charge in [-0.2, -0.15) is 5.26 Å². The number of benzene rings is 2. The lowest BCUT2D eigenvalue weighted by Gasteiger charge is -2.29. The van der Waals surface area contributed by atoms with E-state index in [1.807, 2.05) is 37.3 Å². The SMILES string of the molecule is C=C(C#N)CNc1c(OCC)ccc2ccc(-c3nccc(C(=O)NC4CCN(C)CC4)n3)cc12. The molecule has 1 saturated heterocycles. The largest absolute Gasteiger partial charge is 0.492 e. The number of aromatic nitrogens is 2. The standard InChI is InChI=1S/C27H30N6O2/c1-4-35-24-8-7-19-5-6-20(15-22(19)25(24)30-17-18(2)16-28)26-29-12-9-23(32-26)27(34)31-21-10-13-33(3)14-11-21/h5-9,12,15,21,30H,2,4,10-11,13-14,17H2,1,3H3,(H,31,34). The minimum atomic E-state index is -0.181. The molecule has 1 aromatic heterocycles. The first-order valence-corrected chi connectivity index (χ1v) is 11.8. The normalized spacial score (nSPS) is 14.3. The highest BCUT2D eigenvalue weighted by molar-refractivity contribution is 5.99. The summed E-state index contributed by atoms with van der Waals surface area (Å²) in [5.74, 6) is 0.979. The van der Waals surface area contributed by atoms with Crippen molar-refractivity contribution in [1.82, 2.24) is 20.2 Å². The molecule has 180 valence electrons. The van der Waals surface area contributed by atoms with Crippen LogP contribution in [0.1, 0.15) is 30.3 Å². The van der Waals surface area contributed by atoms with E-state index in [0.29, 0.717) is 36.0 Å². The van der Waals surface area contributed by atoms with Crippen LogP contribution in [0.25, 0.3) is 22.2 Å². The number of hydrogen-bond donors (Lipinski definition) is 2. The number of carbonyl (C=O) groups excluding carboxylic acids is 1. The molecule has 8 nitrogen and oxygen atoms in total. The van der Waals surface area contributed by atoms with Gasteiger partial charge in [0, 0.05) is 35.3 Å². The lowest BCUT2D eigenvalue weighted by Crippen LogP contribution is -2.43. The summed E-state index contributed by atoms with van der Waals surface area (Å²) >= 11 is 0. The van der Waals surface area contributed by atoms with E-state index < -0.39 is 0 Å². The molecule has 35 heavy (non-hydrogen) atoms. The molecule has 8 heteroatoms. The molecule has 4 rings (SSSR count). The fourth-order valence-corrected chi connectivity index (χ4v) is 4.17. The topological polar surface area (TPSA) is 103 Å². The van der Waals surface area contributed by atoms with Gasteiger partial charge in [0.05, 0.1) is 18.4 Å². The van der Waals surface area contributed by atoms with Crippen LogP contribution >= 0.6 is 0 Å². The van der Waals surface area contributed by atoms with Crippen molar-refractivity contribution < 1.29 is 9.53 Å². The fourth-order valence-electron chi connectivity index (χ4n) is 4.17. The maximum atomic E-state index is 12.9. The first-order valence-electron chi connectivity index (χ1n) is 11.8. The lowest BCUT2D eigenvalue weighted by atomic mass is 10.0. The third kappa shape index (κ3) is 5.76. The molecule has 1 fully saturated rings. The van der Waals surface area contributed by atoms with Crippen molar-refractivity contribution in [2.75, 3.05) is 38.6 Å². The van der Waals surface area contributed by atoms with Crippen molar-refractivity contribution in [2.45, 2.75) is 25.8 Å². The van der Waals surface area contributed by atoms with Crippen molar-refractivity contribution in [1.29, 1.82) is 5.26 Å². The maximum absolute atomic E-state index is 12.9. The molecule has 0 radical (unpaired) electrons. The summed E-state index contributed by atoms with van der Waals surface area (Å²) in [4.78, 5) is 24.1. The van der Waals surface area contributed by atoms with Crippen LogP contribution in [0.5, 0.6) is 5.75 Å². The molecule has 0 atom stereocenters. The van der Waals surface area contributed by atoms with Gasteiger partial charge in [-0.25, -0.2) is 9.97 Å². The van der Waals surface area contributed by atoms with Gasteiger partial charge in [-0.05, 0) is 63.5 Å². The molecule has 0 aliphatic carbocycles. The summed E-state index contributed by atoms with van der Waals surface area (Å²) in [6, 6.07) is 13.7. The van der Waals surface area contributed by atoms with Crippen LogP contribution in [-0.4, -0.2) is 60.1 Å². The smallest absolute Gasteiger partial charge is 0.270 e. The van der Waals surface area contributed by atoms with Gasteiger partial charge in [0.25, 0.3) is 5.91 Å². The summed E-state index contributed by atoms with van der Waals surface area (Å²) in [6.07, 6.45) is 3.48. The second-order valence-corrected chi connectivity index (χ2v) is 8.69. The number of nitriles is 1. The molecule has 2 N–H and O–H groups in total. The number of fused-ring (bicyclic) bond motifs is 1. The van der Waals surface area contributed by atoms with Gasteiger partial charge in [0.2, 0.25) is 0 Å². The molecule has 1 amide bonds. The van der Waals surface area contributed by atoms with Crippen LogP contribution in [0.3, 0.4) is 0 Å². The van der Waals surface area contributed by atoms with Gasteiger partial charge in [-0.1, -0.05) is 24.8 Å². The molecule has 1 aliphatic rings. The van der Waals surface area contributed by atoms with Crippen LogP contribution in [0.2, 0.25) is 0 Å². The van der Waals surface area contributed by atoms with E-state index in [-0.39, 0.29) is 11.9 Å². The molecule has 2 aromatic carbocycles. The number of likely N-dealkylation sites (tertiary alicyclic amines) is 1. The molecule has 3 aromatic rings. The second-order valence-electron chi connectivity index (χ2n) is 8.69. The highest BCUT2D eigenvalue weighted by Crippen LogP contribution is 2.35. The van der Waals surface area contributed by atoms with E-state index in [1.54, 1.807) is 12.3 Å². The van der Waals surface area contributed by atoms with Gasteiger partial charge >= 0.3 is 0 Å². The minimum Gasteiger partial charge on any atom is -0.492 e. The zero-order valence-corrected chi connectivity index (χ0v) is 20.2. The molecule has 0 unspecified atom stereocenters. The zero-order valence-electron chi connectivity index (χ0n) is 20.2. The zero-order chi connectivity index (χ0) is 24.8. The van der Waals surface area contributed by atoms with Crippen molar-refractivity contribution in [3.05, 3.63) is 60.4 Å². The minimum absolute atomic E-state index is 0.159. The third-order valence-corrected chi connectivity index (χ3v) is 6.12. The second kappa shape index (κ2) is 11.0. The first-order chi connectivity index (χ1) is 17.0. The van der Waals surface area contributed by atoms with Gasteiger partial charge in [-0.3, -0.25) is 4.79 Å². The summed E-state index contributed by atoms with van der Waals surface area (Å²) in [5.41, 5.74) is 2.33. The van der Waals surface area contributed by atoms with Crippen LogP contribution < -0.4 is 15.4 Å². The Kier molecular flexibility index (Phi) is 7.58. The quantitative estimate of drug-likeness (QED) is 0.480. The van der Waals surface area contributed by atoms with Crippen LogP contribution in [0.15, 0.2) is 54.7 Å². The molecular formula is C27H30N6O2. The number of hydrogen-bond acceptors (Lipinski definition) is 7. The first kappa shape index (κ1) is 24.2. The molecule has 2 heterocycles. The van der Waals surface area contributed by atoms with E-state index in [4.69, 9.17) is 10.00 Å². The number of nitrogens with zero attached hydrogens (tertiary/aromatic N) is 4. The summed E-state index contributed by atoms with van der Waals surface area (Å²) in [6.45, 7) is 8.44. The summed E-state index contributed by atoms with van der Waals surface area (Å²) in [7, 11) is 2.09. The third-order valence-electron chi connectivity index (χ3n) is 6.12. The van der Waals surface area contributed by atoms with Crippen molar-refractivity contribution in [3.8, 4) is 23.2 Å². The van der Waals surface area contributed by atoms with Gasteiger partial charge in [0.15, 0.2) is 5.82 Å². The Bertz CT molecular complexity index is 1270. The number of carbonyl (C=O) groups is 1. The van der Waals surface area contributed by atoms with Crippen molar-refractivity contribution in [2.24, 2.45) is 0 Å². The highest BCUT2D eigenvalue weighted by Gasteiger charge is 2.20. The highest BCUT2D eigenvalue weighted by atomic mass is 16.5. The van der Waals surface area contributed by atoms with E-state index in [1.165, 1.54) is 0 Å². The maximum Gasteiger partial charge on any atom is 0.270 e. The Morgan fingerprint density at radius 2 is 2.03 bits per heavy atom. The average Bonchev–Trinajstić information content (AvgIpc) is 2.89. The number of rotatable bonds is 8. The van der Waals surface area contributed by atoms with Crippen LogP contribution in [-0.2, 0) is 0 Å². The molecule has 0 saturated carbocycles. The molecule has 0 spiro atoms. The van der Waals surface area contributed by atoms with E-state index in [2.05, 4.69) is 45.2 Å². The number of nitrogens with one attached hydrogen (secondary N) is 2. The fraction of sp³-hybridized carbons (Fsp3) is 0.333. The van der Waals surface area contributed by atoms with E-state index in [0.717, 1.165) is 48.0 Å². The van der Waals surface area contributed by atoms with E-state index in [9.17, 15) is 4.79 Å². The van der Waals surface area contributed by atoms with Gasteiger partial charge in [0.1, 0.15) is 11.4 Å². The van der Waals surface area contributed by atoms with E-state index >= 15 is 0 Å². The Hall–Kier alpha value is -3.96. The van der Waals surface area contributed by atoms with Crippen molar-refractivity contribution >= 4 is 22.4 Å². The Labute approximate surface area is 205 Å². The summed E-state index contributed by atoms with van der Waals surface area (Å²) in [5, 5.41) is 17.4. The predicted octanol–water partition coefficient (Wildman–Crippen LogP) is 4.01. The lowest BCUT2D eigenvalue weighted by molar-refractivity contribution is 0.0911. The van der Waals surface area contributed by atoms with Crippen molar-refractivity contribution in [3.63, 3.8) is 0 Å². The number of amides is 1. The van der Waals surface area contributed by atoms with Crippen LogP contribution in [0.4, 0.5) is 5.69 Å². The Morgan fingerprint density at radius 1 is 1.26 bits per heavy atom. The molecule has 1 aliphatic heterocycles. The Balaban J connectivity index is 1.63. The monoisotopic (exact) mass is 470 g/mol. The van der Waals surface area contributed by atoms with Crippen LogP contribution in [0, 0.1) is 11.3 Å². The number of anilines is 1. The molecular weight excluding hydrogens is 440 g/mol. The molecule has 0 bridgehead atoms. The number of piperidine rings is 1. The summed E-state index contributed by atoms with van der Waals surface area (Å²) < 4.78 is 5.82. The number of ether oxygens (including phenoxy) is 1. The predicted molar refractivity (Wildman–Crippen MR) is 137 cm³/mol. The average molecular weight is 471 g/mol. The van der Waals surface area contributed by atoms with Gasteiger partial charge in [-0.15, -0.1) is 0 Å². The Morgan fingerprint density at radius 3 is 2.77 bits per heavy atom.